The van der Waals surface area contributed by atoms with Crippen molar-refractivity contribution in [3.8, 4) is 11.5 Å². The molecule has 0 saturated heterocycles. The van der Waals surface area contributed by atoms with E-state index in [1.807, 2.05) is 0 Å². The Morgan fingerprint density at radius 3 is 2.87 bits per heavy atom. The molecule has 0 spiro atoms. The highest BCUT2D eigenvalue weighted by Crippen LogP contribution is 2.30. The number of thiophene rings is 1. The standard InChI is InChI=1S/C15H14N4O3S/c1-21-8-3-4-10(11(5-8)22-2)18-14(20)9-7-23-12-6-17-15(16)19-13(9)12/h3-7H,1-2H3,(H,18,20)(H2,16,17,19). The molecule has 3 N–H and O–H groups in total. The molecule has 1 aromatic carbocycles. The molecule has 0 atom stereocenters. The lowest BCUT2D eigenvalue weighted by atomic mass is 10.2. The molecule has 0 aliphatic rings. The largest absolute Gasteiger partial charge is 0.497 e. The van der Waals surface area contributed by atoms with E-state index in [0.717, 1.165) is 4.70 Å². The van der Waals surface area contributed by atoms with Gasteiger partial charge in [0.2, 0.25) is 5.95 Å². The topological polar surface area (TPSA) is 99.4 Å². The maximum atomic E-state index is 12.5. The van der Waals surface area contributed by atoms with Gasteiger partial charge in [-0.1, -0.05) is 0 Å². The first-order valence-electron chi connectivity index (χ1n) is 6.65. The van der Waals surface area contributed by atoms with Gasteiger partial charge in [-0.3, -0.25) is 4.79 Å². The van der Waals surface area contributed by atoms with Gasteiger partial charge in [0.25, 0.3) is 5.91 Å². The average molecular weight is 330 g/mol. The normalized spacial score (nSPS) is 10.5. The highest BCUT2D eigenvalue weighted by molar-refractivity contribution is 7.17. The van der Waals surface area contributed by atoms with Crippen molar-refractivity contribution >= 4 is 39.1 Å². The Bertz CT molecular complexity index is 878. The van der Waals surface area contributed by atoms with Crippen molar-refractivity contribution in [1.82, 2.24) is 9.97 Å². The first-order chi connectivity index (χ1) is 11.1. The Labute approximate surface area is 136 Å². The predicted molar refractivity (Wildman–Crippen MR) is 89.3 cm³/mol. The number of amides is 1. The maximum Gasteiger partial charge on any atom is 0.258 e. The number of methoxy groups -OCH3 is 2. The Morgan fingerprint density at radius 1 is 1.30 bits per heavy atom. The van der Waals surface area contributed by atoms with Gasteiger partial charge in [0.05, 0.1) is 41.9 Å². The van der Waals surface area contributed by atoms with Gasteiger partial charge in [0, 0.05) is 11.4 Å². The first kappa shape index (κ1) is 15.0. The summed E-state index contributed by atoms with van der Waals surface area (Å²) in [7, 11) is 3.09. The number of nitrogens with zero attached hydrogens (tertiary/aromatic N) is 2. The molecule has 2 heterocycles. The van der Waals surface area contributed by atoms with Gasteiger partial charge in [0.15, 0.2) is 0 Å². The molecule has 3 rings (SSSR count). The van der Waals surface area contributed by atoms with Crippen molar-refractivity contribution in [3.63, 3.8) is 0 Å². The number of ether oxygens (including phenoxy) is 2. The van der Waals surface area contributed by atoms with Crippen LogP contribution >= 0.6 is 11.3 Å². The second-order valence-corrected chi connectivity index (χ2v) is 5.52. The average Bonchev–Trinajstić information content (AvgIpc) is 2.98. The number of rotatable bonds is 4. The third-order valence-electron chi connectivity index (χ3n) is 3.23. The molecule has 118 valence electrons. The van der Waals surface area contributed by atoms with E-state index in [9.17, 15) is 4.79 Å². The number of nitrogen functional groups attached to an aromatic ring is 1. The van der Waals surface area contributed by atoms with Crippen LogP contribution in [-0.2, 0) is 0 Å². The number of nitrogens with two attached hydrogens (primary N) is 1. The lowest BCUT2D eigenvalue weighted by Gasteiger charge is -2.11. The van der Waals surface area contributed by atoms with E-state index in [4.69, 9.17) is 15.2 Å². The lowest BCUT2D eigenvalue weighted by Crippen LogP contribution is -2.12. The van der Waals surface area contributed by atoms with Crippen molar-refractivity contribution in [2.75, 3.05) is 25.3 Å². The molecule has 7 nitrogen and oxygen atoms in total. The summed E-state index contributed by atoms with van der Waals surface area (Å²) < 4.78 is 11.2. The summed E-state index contributed by atoms with van der Waals surface area (Å²) in [5.74, 6) is 0.984. The monoisotopic (exact) mass is 330 g/mol. The Morgan fingerprint density at radius 2 is 2.13 bits per heavy atom. The van der Waals surface area contributed by atoms with Crippen LogP contribution in [0.5, 0.6) is 11.5 Å². The predicted octanol–water partition coefficient (Wildman–Crippen LogP) is 2.54. The molecular weight excluding hydrogens is 316 g/mol. The van der Waals surface area contributed by atoms with Crippen LogP contribution in [0.25, 0.3) is 10.2 Å². The number of hydrogen-bond donors (Lipinski definition) is 2. The van der Waals surface area contributed by atoms with Crippen LogP contribution in [0, 0.1) is 0 Å². The third kappa shape index (κ3) is 2.88. The molecule has 0 radical (unpaired) electrons. The highest BCUT2D eigenvalue weighted by Gasteiger charge is 2.16. The molecule has 0 aliphatic carbocycles. The summed E-state index contributed by atoms with van der Waals surface area (Å²) in [6.07, 6.45) is 1.60. The van der Waals surface area contributed by atoms with Crippen molar-refractivity contribution in [2.24, 2.45) is 0 Å². The van der Waals surface area contributed by atoms with E-state index in [-0.39, 0.29) is 11.9 Å². The van der Waals surface area contributed by atoms with Gasteiger partial charge in [-0.05, 0) is 12.1 Å². The quantitative estimate of drug-likeness (QED) is 0.762. The Kier molecular flexibility index (Phi) is 3.98. The van der Waals surface area contributed by atoms with Gasteiger partial charge in [-0.25, -0.2) is 9.97 Å². The smallest absolute Gasteiger partial charge is 0.258 e. The zero-order valence-corrected chi connectivity index (χ0v) is 13.3. The number of aromatic nitrogens is 2. The van der Waals surface area contributed by atoms with E-state index in [1.54, 1.807) is 36.9 Å². The molecule has 0 aliphatic heterocycles. The van der Waals surface area contributed by atoms with E-state index < -0.39 is 0 Å². The number of benzene rings is 1. The Hall–Kier alpha value is -2.87. The lowest BCUT2D eigenvalue weighted by molar-refractivity contribution is 0.102. The molecular formula is C15H14N4O3S. The van der Waals surface area contributed by atoms with Gasteiger partial charge in [-0.2, -0.15) is 0 Å². The SMILES string of the molecule is COc1ccc(NC(=O)c2csc3cnc(N)nc23)c(OC)c1. The number of carbonyl (C=O) groups is 1. The second kappa shape index (κ2) is 6.09. The van der Waals surface area contributed by atoms with Crippen molar-refractivity contribution < 1.29 is 14.3 Å². The fraction of sp³-hybridized carbons (Fsp3) is 0.133. The van der Waals surface area contributed by atoms with Gasteiger partial charge in [-0.15, -0.1) is 11.3 Å². The highest BCUT2D eigenvalue weighted by atomic mass is 32.1. The molecule has 1 amide bonds. The summed E-state index contributed by atoms with van der Waals surface area (Å²) in [5.41, 5.74) is 7.12. The second-order valence-electron chi connectivity index (χ2n) is 4.61. The first-order valence-corrected chi connectivity index (χ1v) is 7.53. The van der Waals surface area contributed by atoms with Gasteiger partial charge in [0.1, 0.15) is 11.5 Å². The van der Waals surface area contributed by atoms with Gasteiger partial charge >= 0.3 is 0 Å². The fourth-order valence-corrected chi connectivity index (χ4v) is 2.94. The number of anilines is 2. The van der Waals surface area contributed by atoms with Crippen molar-refractivity contribution in [1.29, 1.82) is 0 Å². The van der Waals surface area contributed by atoms with Crippen LogP contribution in [-0.4, -0.2) is 30.1 Å². The minimum absolute atomic E-state index is 0.131. The van der Waals surface area contributed by atoms with E-state index >= 15 is 0 Å². The van der Waals surface area contributed by atoms with Crippen LogP contribution in [0.2, 0.25) is 0 Å². The molecule has 8 heteroatoms. The summed E-state index contributed by atoms with van der Waals surface area (Å²) >= 11 is 1.38. The molecule has 0 saturated carbocycles. The van der Waals surface area contributed by atoms with Crippen LogP contribution in [0.1, 0.15) is 10.4 Å². The van der Waals surface area contributed by atoms with E-state index in [2.05, 4.69) is 15.3 Å². The fourth-order valence-electron chi connectivity index (χ4n) is 2.09. The minimum atomic E-state index is -0.294. The van der Waals surface area contributed by atoms with Crippen LogP contribution in [0.15, 0.2) is 29.8 Å². The van der Waals surface area contributed by atoms with Crippen molar-refractivity contribution in [3.05, 3.63) is 35.3 Å². The molecule has 0 fully saturated rings. The van der Waals surface area contributed by atoms with E-state index in [0.29, 0.717) is 28.3 Å². The molecule has 0 unspecified atom stereocenters. The Balaban J connectivity index is 1.93. The van der Waals surface area contributed by atoms with Crippen LogP contribution < -0.4 is 20.5 Å². The zero-order valence-electron chi connectivity index (χ0n) is 12.5. The molecule has 0 bridgehead atoms. The zero-order chi connectivity index (χ0) is 16.4. The molecule has 3 aromatic rings. The summed E-state index contributed by atoms with van der Waals surface area (Å²) in [6.45, 7) is 0. The van der Waals surface area contributed by atoms with E-state index in [1.165, 1.54) is 18.4 Å². The third-order valence-corrected chi connectivity index (χ3v) is 4.14. The van der Waals surface area contributed by atoms with Crippen molar-refractivity contribution in [2.45, 2.75) is 0 Å². The molecule has 23 heavy (non-hydrogen) atoms. The summed E-state index contributed by atoms with van der Waals surface area (Å²) in [5, 5.41) is 4.54. The molecule has 2 aromatic heterocycles. The minimum Gasteiger partial charge on any atom is -0.497 e. The number of hydrogen-bond acceptors (Lipinski definition) is 7. The maximum absolute atomic E-state index is 12.5. The number of fused-ring (bicyclic) bond motifs is 1. The number of carbonyl (C=O) groups excluding carboxylic acids is 1. The van der Waals surface area contributed by atoms with Crippen LogP contribution in [0.3, 0.4) is 0 Å². The summed E-state index contributed by atoms with van der Waals surface area (Å²) in [4.78, 5) is 20.6. The van der Waals surface area contributed by atoms with Gasteiger partial charge < -0.3 is 20.5 Å². The van der Waals surface area contributed by atoms with Crippen LogP contribution in [0.4, 0.5) is 11.6 Å². The number of nitrogens with one attached hydrogen (secondary N) is 1. The summed E-state index contributed by atoms with van der Waals surface area (Å²) in [6, 6.07) is 5.15.